The van der Waals surface area contributed by atoms with Crippen LogP contribution in [-0.4, -0.2) is 48.9 Å². The van der Waals surface area contributed by atoms with E-state index in [4.69, 9.17) is 0 Å². The Balaban J connectivity index is 0.00000312. The van der Waals surface area contributed by atoms with E-state index in [9.17, 15) is 9.59 Å². The monoisotopic (exact) mass is 431 g/mol. The van der Waals surface area contributed by atoms with Gasteiger partial charge in [0.1, 0.15) is 0 Å². The summed E-state index contributed by atoms with van der Waals surface area (Å²) in [4.78, 5) is 26.6. The molecule has 1 aliphatic rings. The van der Waals surface area contributed by atoms with Gasteiger partial charge in [-0.15, -0.1) is 12.4 Å². The fourth-order valence-corrected chi connectivity index (χ4v) is 3.26. The minimum Gasteiger partial charge on any atom is -0.352 e. The molecule has 140 valence electrons. The summed E-state index contributed by atoms with van der Waals surface area (Å²) in [5.41, 5.74) is 0.606. The SMILES string of the molecule is CCCN(C(=O)CCNC(=O)c1ccc(Br)cc1)C1CCNCC1.Cl. The van der Waals surface area contributed by atoms with Gasteiger partial charge >= 0.3 is 0 Å². The summed E-state index contributed by atoms with van der Waals surface area (Å²) < 4.78 is 0.936. The lowest BCUT2D eigenvalue weighted by Gasteiger charge is -2.34. The summed E-state index contributed by atoms with van der Waals surface area (Å²) in [5, 5.41) is 6.17. The molecule has 0 spiro atoms. The van der Waals surface area contributed by atoms with Crippen LogP contribution in [0.15, 0.2) is 28.7 Å². The molecule has 7 heteroatoms. The number of nitrogens with one attached hydrogen (secondary N) is 2. The minimum atomic E-state index is -0.140. The molecule has 0 atom stereocenters. The average molecular weight is 433 g/mol. The first-order valence-corrected chi connectivity index (χ1v) is 9.45. The molecular weight excluding hydrogens is 406 g/mol. The molecule has 1 aromatic carbocycles. The van der Waals surface area contributed by atoms with Crippen molar-refractivity contribution in [3.63, 3.8) is 0 Å². The second-order valence-corrected chi connectivity index (χ2v) is 7.00. The van der Waals surface area contributed by atoms with Crippen LogP contribution >= 0.6 is 28.3 Å². The lowest BCUT2D eigenvalue weighted by Crippen LogP contribution is -2.47. The zero-order valence-corrected chi connectivity index (χ0v) is 17.0. The van der Waals surface area contributed by atoms with Gasteiger partial charge in [0, 0.05) is 35.6 Å². The van der Waals surface area contributed by atoms with Gasteiger partial charge < -0.3 is 15.5 Å². The van der Waals surface area contributed by atoms with Crippen LogP contribution in [-0.2, 0) is 4.79 Å². The van der Waals surface area contributed by atoms with Gasteiger partial charge in [0.05, 0.1) is 0 Å². The highest BCUT2D eigenvalue weighted by Gasteiger charge is 2.24. The number of amides is 2. The maximum absolute atomic E-state index is 12.5. The van der Waals surface area contributed by atoms with Gasteiger partial charge in [-0.05, 0) is 56.6 Å². The maximum atomic E-state index is 12.5. The van der Waals surface area contributed by atoms with Gasteiger partial charge in [0.2, 0.25) is 5.91 Å². The molecule has 1 fully saturated rings. The highest BCUT2D eigenvalue weighted by molar-refractivity contribution is 9.10. The summed E-state index contributed by atoms with van der Waals surface area (Å²) in [5.74, 6) is -0.000867. The van der Waals surface area contributed by atoms with Crippen molar-refractivity contribution in [1.82, 2.24) is 15.5 Å². The van der Waals surface area contributed by atoms with Crippen molar-refractivity contribution in [3.05, 3.63) is 34.3 Å². The molecule has 5 nitrogen and oxygen atoms in total. The van der Waals surface area contributed by atoms with E-state index in [0.29, 0.717) is 24.6 Å². The number of benzene rings is 1. The Morgan fingerprint density at radius 1 is 1.24 bits per heavy atom. The van der Waals surface area contributed by atoms with Crippen LogP contribution in [0.3, 0.4) is 0 Å². The zero-order valence-electron chi connectivity index (χ0n) is 14.6. The van der Waals surface area contributed by atoms with Crippen LogP contribution in [0.2, 0.25) is 0 Å². The van der Waals surface area contributed by atoms with E-state index in [2.05, 4.69) is 33.5 Å². The van der Waals surface area contributed by atoms with Crippen molar-refractivity contribution in [2.45, 2.75) is 38.6 Å². The third-order valence-electron chi connectivity index (χ3n) is 4.27. The summed E-state index contributed by atoms with van der Waals surface area (Å²) >= 11 is 3.35. The van der Waals surface area contributed by atoms with Gasteiger partial charge in [-0.3, -0.25) is 9.59 Å². The molecule has 0 bridgehead atoms. The highest BCUT2D eigenvalue weighted by Crippen LogP contribution is 2.14. The summed E-state index contributed by atoms with van der Waals surface area (Å²) in [7, 11) is 0. The molecule has 2 rings (SSSR count). The second kappa shape index (κ2) is 11.5. The van der Waals surface area contributed by atoms with E-state index in [1.807, 2.05) is 17.0 Å². The third kappa shape index (κ3) is 6.96. The van der Waals surface area contributed by atoms with E-state index in [1.165, 1.54) is 0 Å². The van der Waals surface area contributed by atoms with Crippen molar-refractivity contribution in [3.8, 4) is 0 Å². The molecule has 1 aliphatic heterocycles. The minimum absolute atomic E-state index is 0. The fourth-order valence-electron chi connectivity index (χ4n) is 3.00. The van der Waals surface area contributed by atoms with Crippen molar-refractivity contribution in [2.24, 2.45) is 0 Å². The van der Waals surface area contributed by atoms with Gasteiger partial charge in [-0.2, -0.15) is 0 Å². The van der Waals surface area contributed by atoms with Gasteiger partial charge in [0.15, 0.2) is 0 Å². The molecule has 2 N–H and O–H groups in total. The number of hydrogen-bond acceptors (Lipinski definition) is 3. The Morgan fingerprint density at radius 3 is 2.48 bits per heavy atom. The van der Waals surface area contributed by atoms with E-state index in [0.717, 1.165) is 43.4 Å². The van der Waals surface area contributed by atoms with Gasteiger partial charge in [-0.25, -0.2) is 0 Å². The molecular formula is C18H27BrClN3O2. The van der Waals surface area contributed by atoms with Crippen LogP contribution in [0.1, 0.15) is 43.0 Å². The molecule has 0 saturated carbocycles. The number of carbonyl (C=O) groups is 2. The van der Waals surface area contributed by atoms with Gasteiger partial charge in [0.25, 0.3) is 5.91 Å². The standard InChI is InChI=1S/C18H26BrN3O2.ClH/c1-2-13-22(16-7-10-20-11-8-16)17(23)9-12-21-18(24)14-3-5-15(19)6-4-14;/h3-6,16,20H,2,7-13H2,1H3,(H,21,24);1H. The Morgan fingerprint density at radius 2 is 1.88 bits per heavy atom. The fraction of sp³-hybridized carbons (Fsp3) is 0.556. The molecule has 0 unspecified atom stereocenters. The Bertz CT molecular complexity index is 548. The van der Waals surface area contributed by atoms with Crippen LogP contribution in [0, 0.1) is 0 Å². The highest BCUT2D eigenvalue weighted by atomic mass is 79.9. The van der Waals surface area contributed by atoms with Crippen LogP contribution < -0.4 is 10.6 Å². The van der Waals surface area contributed by atoms with E-state index < -0.39 is 0 Å². The van der Waals surface area contributed by atoms with Gasteiger partial charge in [-0.1, -0.05) is 22.9 Å². The Kier molecular flexibility index (Phi) is 10.1. The lowest BCUT2D eigenvalue weighted by molar-refractivity contribution is -0.134. The van der Waals surface area contributed by atoms with E-state index >= 15 is 0 Å². The van der Waals surface area contributed by atoms with E-state index in [1.54, 1.807) is 12.1 Å². The predicted molar refractivity (Wildman–Crippen MR) is 106 cm³/mol. The third-order valence-corrected chi connectivity index (χ3v) is 4.79. The lowest BCUT2D eigenvalue weighted by atomic mass is 10.0. The molecule has 1 saturated heterocycles. The number of hydrogen-bond donors (Lipinski definition) is 2. The number of halogens is 2. The summed E-state index contributed by atoms with van der Waals surface area (Å²) in [6.07, 6.45) is 3.33. The molecule has 1 heterocycles. The first kappa shape index (κ1) is 21.9. The van der Waals surface area contributed by atoms with Crippen molar-refractivity contribution in [1.29, 1.82) is 0 Å². The van der Waals surface area contributed by atoms with Crippen LogP contribution in [0.25, 0.3) is 0 Å². The first-order valence-electron chi connectivity index (χ1n) is 8.65. The predicted octanol–water partition coefficient (Wildman–Crippen LogP) is 2.98. The average Bonchev–Trinajstić information content (AvgIpc) is 2.60. The number of piperidine rings is 1. The number of rotatable bonds is 7. The van der Waals surface area contributed by atoms with Crippen molar-refractivity contribution in [2.75, 3.05) is 26.2 Å². The zero-order chi connectivity index (χ0) is 17.4. The summed E-state index contributed by atoms with van der Waals surface area (Å²) in [6, 6.07) is 7.53. The van der Waals surface area contributed by atoms with Crippen LogP contribution in [0.5, 0.6) is 0 Å². The van der Waals surface area contributed by atoms with E-state index in [-0.39, 0.29) is 24.2 Å². The Hall–Kier alpha value is -1.11. The van der Waals surface area contributed by atoms with Crippen molar-refractivity contribution < 1.29 is 9.59 Å². The molecule has 0 radical (unpaired) electrons. The second-order valence-electron chi connectivity index (χ2n) is 6.08. The first-order chi connectivity index (χ1) is 11.6. The maximum Gasteiger partial charge on any atom is 0.251 e. The number of carbonyl (C=O) groups excluding carboxylic acids is 2. The molecule has 1 aromatic rings. The number of nitrogens with zero attached hydrogens (tertiary/aromatic N) is 1. The largest absolute Gasteiger partial charge is 0.352 e. The van der Waals surface area contributed by atoms with Crippen molar-refractivity contribution >= 4 is 40.2 Å². The molecule has 0 aromatic heterocycles. The molecule has 0 aliphatic carbocycles. The topological polar surface area (TPSA) is 61.4 Å². The molecule has 2 amide bonds. The Labute approximate surface area is 164 Å². The smallest absolute Gasteiger partial charge is 0.251 e. The normalized spacial score (nSPS) is 14.5. The van der Waals surface area contributed by atoms with Crippen LogP contribution in [0.4, 0.5) is 0 Å². The summed E-state index contributed by atoms with van der Waals surface area (Å²) in [6.45, 7) is 5.21. The quantitative estimate of drug-likeness (QED) is 0.696. The molecule has 25 heavy (non-hydrogen) atoms.